The Morgan fingerprint density at radius 1 is 1.22 bits per heavy atom. The molecule has 0 radical (unpaired) electrons. The third-order valence-corrected chi connectivity index (χ3v) is 1.74. The zero-order valence-electron chi connectivity index (χ0n) is 11.9. The van der Waals surface area contributed by atoms with E-state index in [1.807, 2.05) is 41.5 Å². The highest BCUT2D eigenvalue weighted by atomic mass is 16.6. The summed E-state index contributed by atoms with van der Waals surface area (Å²) in [6, 6.07) is 1.72. The largest absolute Gasteiger partial charge is 0.454 e. The van der Waals surface area contributed by atoms with E-state index < -0.39 is 11.6 Å². The van der Waals surface area contributed by atoms with E-state index in [4.69, 9.17) is 4.74 Å². The van der Waals surface area contributed by atoms with Crippen LogP contribution in [0.4, 0.5) is 5.82 Å². The fraction of sp³-hybridized carbons (Fsp3) is 0.615. The minimum atomic E-state index is -0.548. The molecule has 18 heavy (non-hydrogen) atoms. The van der Waals surface area contributed by atoms with Crippen molar-refractivity contribution in [2.75, 3.05) is 5.32 Å². The molecule has 5 heteroatoms. The summed E-state index contributed by atoms with van der Waals surface area (Å²) < 4.78 is 5.22. The topological polar surface area (TPSA) is 64.1 Å². The van der Waals surface area contributed by atoms with Gasteiger partial charge in [-0.3, -0.25) is 0 Å². The van der Waals surface area contributed by atoms with E-state index >= 15 is 0 Å². The maximum absolute atomic E-state index is 11.8. The van der Waals surface area contributed by atoms with E-state index in [1.165, 1.54) is 0 Å². The SMILES string of the molecule is CC(C)(C)Nc1ccnc(C(=O)OC(C)(C)C)n1. The van der Waals surface area contributed by atoms with Gasteiger partial charge in [0.15, 0.2) is 0 Å². The smallest absolute Gasteiger partial charge is 0.376 e. The van der Waals surface area contributed by atoms with E-state index in [-0.39, 0.29) is 11.4 Å². The maximum Gasteiger partial charge on any atom is 0.376 e. The van der Waals surface area contributed by atoms with Crippen molar-refractivity contribution >= 4 is 11.8 Å². The molecule has 0 unspecified atom stereocenters. The summed E-state index contributed by atoms with van der Waals surface area (Å²) in [5.74, 6) is 0.164. The number of esters is 1. The monoisotopic (exact) mass is 251 g/mol. The first kappa shape index (κ1) is 14.4. The first-order valence-electron chi connectivity index (χ1n) is 5.91. The van der Waals surface area contributed by atoms with E-state index in [0.717, 1.165) is 0 Å². The second-order valence-corrected chi connectivity index (χ2v) is 6.14. The first-order chi connectivity index (χ1) is 8.07. The summed E-state index contributed by atoms with van der Waals surface area (Å²) in [5, 5.41) is 3.18. The van der Waals surface area contributed by atoms with Crippen molar-refractivity contribution in [2.45, 2.75) is 52.7 Å². The zero-order chi connectivity index (χ0) is 14.0. The molecule has 0 amide bonds. The average molecular weight is 251 g/mol. The summed E-state index contributed by atoms with van der Waals surface area (Å²) in [4.78, 5) is 19.9. The Labute approximate surface area is 108 Å². The molecule has 0 fully saturated rings. The van der Waals surface area contributed by atoms with E-state index in [0.29, 0.717) is 5.82 Å². The van der Waals surface area contributed by atoms with Crippen LogP contribution in [0.25, 0.3) is 0 Å². The number of aromatic nitrogens is 2. The van der Waals surface area contributed by atoms with Crippen LogP contribution in [0.1, 0.15) is 52.2 Å². The van der Waals surface area contributed by atoms with Crippen molar-refractivity contribution in [3.8, 4) is 0 Å². The molecule has 0 aliphatic carbocycles. The molecule has 0 spiro atoms. The van der Waals surface area contributed by atoms with Gasteiger partial charge in [-0.15, -0.1) is 0 Å². The molecule has 5 nitrogen and oxygen atoms in total. The second-order valence-electron chi connectivity index (χ2n) is 6.14. The number of carbonyl (C=O) groups excluding carboxylic acids is 1. The van der Waals surface area contributed by atoms with Crippen LogP contribution in [0.3, 0.4) is 0 Å². The van der Waals surface area contributed by atoms with Gasteiger partial charge in [0.25, 0.3) is 0 Å². The number of hydrogen-bond donors (Lipinski definition) is 1. The minimum absolute atomic E-state index is 0.0687. The quantitative estimate of drug-likeness (QED) is 0.819. The Kier molecular flexibility index (Phi) is 3.94. The second kappa shape index (κ2) is 4.92. The number of ether oxygens (including phenoxy) is 1. The number of nitrogens with one attached hydrogen (secondary N) is 1. The molecule has 0 aliphatic heterocycles. The van der Waals surface area contributed by atoms with E-state index in [1.54, 1.807) is 12.3 Å². The number of nitrogens with zero attached hydrogens (tertiary/aromatic N) is 2. The van der Waals surface area contributed by atoms with E-state index in [2.05, 4.69) is 15.3 Å². The molecule has 100 valence electrons. The van der Waals surface area contributed by atoms with Crippen molar-refractivity contribution < 1.29 is 9.53 Å². The van der Waals surface area contributed by atoms with Gasteiger partial charge in [-0.1, -0.05) is 0 Å². The van der Waals surface area contributed by atoms with Crippen LogP contribution in [0.15, 0.2) is 12.3 Å². The average Bonchev–Trinajstić information content (AvgIpc) is 2.12. The molecule has 1 aromatic heterocycles. The van der Waals surface area contributed by atoms with Crippen LogP contribution >= 0.6 is 0 Å². The van der Waals surface area contributed by atoms with Crippen molar-refractivity contribution in [3.63, 3.8) is 0 Å². The highest BCUT2D eigenvalue weighted by molar-refractivity contribution is 5.85. The first-order valence-corrected chi connectivity index (χ1v) is 5.91. The fourth-order valence-corrected chi connectivity index (χ4v) is 1.23. The lowest BCUT2D eigenvalue weighted by molar-refractivity contribution is 0.00556. The third-order valence-electron chi connectivity index (χ3n) is 1.74. The van der Waals surface area contributed by atoms with Gasteiger partial charge in [-0.2, -0.15) is 0 Å². The predicted octanol–water partition coefficient (Wildman–Crippen LogP) is 2.64. The summed E-state index contributed by atoms with van der Waals surface area (Å²) in [7, 11) is 0. The Hall–Kier alpha value is -1.65. The molecule has 0 aromatic carbocycles. The Bertz CT molecular complexity index is 431. The normalized spacial score (nSPS) is 12.1. The molecule has 1 heterocycles. The Balaban J connectivity index is 2.85. The summed E-state index contributed by atoms with van der Waals surface area (Å²) in [6.07, 6.45) is 1.54. The van der Waals surface area contributed by atoms with Gasteiger partial charge in [-0.05, 0) is 47.6 Å². The molecule has 1 aromatic rings. The molecule has 0 saturated carbocycles. The fourth-order valence-electron chi connectivity index (χ4n) is 1.23. The standard InChI is InChI=1S/C13H21N3O2/c1-12(2,3)16-9-7-8-14-10(15-9)11(17)18-13(4,5)6/h7-8H,1-6H3,(H,14,15,16). The molecular formula is C13H21N3O2. The summed E-state index contributed by atoms with van der Waals surface area (Å²) in [5.41, 5.74) is -0.673. The molecular weight excluding hydrogens is 230 g/mol. The van der Waals surface area contributed by atoms with Crippen LogP contribution in [0.2, 0.25) is 0 Å². The molecule has 0 saturated heterocycles. The lowest BCUT2D eigenvalue weighted by atomic mass is 10.1. The van der Waals surface area contributed by atoms with Gasteiger partial charge >= 0.3 is 5.97 Å². The molecule has 0 aliphatic rings. The highest BCUT2D eigenvalue weighted by Crippen LogP contribution is 2.13. The van der Waals surface area contributed by atoms with Crippen molar-refractivity contribution in [2.24, 2.45) is 0 Å². The lowest BCUT2D eigenvalue weighted by Gasteiger charge is -2.22. The van der Waals surface area contributed by atoms with Crippen LogP contribution in [-0.2, 0) is 4.74 Å². The molecule has 0 atom stereocenters. The van der Waals surface area contributed by atoms with Crippen molar-refractivity contribution in [3.05, 3.63) is 18.1 Å². The van der Waals surface area contributed by atoms with Gasteiger partial charge in [0.2, 0.25) is 5.82 Å². The molecule has 1 N–H and O–H groups in total. The van der Waals surface area contributed by atoms with Gasteiger partial charge in [0.1, 0.15) is 11.4 Å². The van der Waals surface area contributed by atoms with Crippen LogP contribution in [-0.4, -0.2) is 27.1 Å². The number of anilines is 1. The highest BCUT2D eigenvalue weighted by Gasteiger charge is 2.20. The van der Waals surface area contributed by atoms with Crippen LogP contribution < -0.4 is 5.32 Å². The number of carbonyl (C=O) groups is 1. The Morgan fingerprint density at radius 2 is 1.83 bits per heavy atom. The lowest BCUT2D eigenvalue weighted by Crippen LogP contribution is -2.28. The van der Waals surface area contributed by atoms with Crippen LogP contribution in [0, 0.1) is 0 Å². The molecule has 0 bridgehead atoms. The van der Waals surface area contributed by atoms with Gasteiger partial charge in [-0.25, -0.2) is 14.8 Å². The third kappa shape index (κ3) is 5.12. The number of hydrogen-bond acceptors (Lipinski definition) is 5. The summed E-state index contributed by atoms with van der Waals surface area (Å²) in [6.45, 7) is 11.5. The van der Waals surface area contributed by atoms with Gasteiger partial charge < -0.3 is 10.1 Å². The number of rotatable bonds is 2. The van der Waals surface area contributed by atoms with E-state index in [9.17, 15) is 4.79 Å². The maximum atomic E-state index is 11.8. The summed E-state index contributed by atoms with van der Waals surface area (Å²) >= 11 is 0. The van der Waals surface area contributed by atoms with Gasteiger partial charge in [0.05, 0.1) is 0 Å². The van der Waals surface area contributed by atoms with Crippen molar-refractivity contribution in [1.29, 1.82) is 0 Å². The molecule has 1 rings (SSSR count). The van der Waals surface area contributed by atoms with Crippen LogP contribution in [0.5, 0.6) is 0 Å². The zero-order valence-corrected chi connectivity index (χ0v) is 11.9. The van der Waals surface area contributed by atoms with Crippen molar-refractivity contribution in [1.82, 2.24) is 9.97 Å². The minimum Gasteiger partial charge on any atom is -0.454 e. The predicted molar refractivity (Wildman–Crippen MR) is 70.6 cm³/mol. The Morgan fingerprint density at radius 3 is 2.33 bits per heavy atom. The van der Waals surface area contributed by atoms with Gasteiger partial charge in [0, 0.05) is 11.7 Å².